The molecule has 1 aromatic rings. The van der Waals surface area contributed by atoms with Gasteiger partial charge in [-0.3, -0.25) is 0 Å². The van der Waals surface area contributed by atoms with Gasteiger partial charge in [-0.15, -0.1) is 0 Å². The van der Waals surface area contributed by atoms with Crippen LogP contribution in [0.15, 0.2) is 30.0 Å². The second kappa shape index (κ2) is 4.98. The maximum Gasteiger partial charge on any atom is 0.0950 e. The van der Waals surface area contributed by atoms with Gasteiger partial charge in [0.2, 0.25) is 0 Å². The van der Waals surface area contributed by atoms with Crippen molar-refractivity contribution in [2.24, 2.45) is 0 Å². The van der Waals surface area contributed by atoms with Crippen LogP contribution in [0, 0.1) is 0 Å². The summed E-state index contributed by atoms with van der Waals surface area (Å²) in [5.74, 6) is 1.04. The van der Waals surface area contributed by atoms with Gasteiger partial charge in [-0.05, 0) is 24.3 Å². The molecule has 0 bridgehead atoms. The van der Waals surface area contributed by atoms with Gasteiger partial charge in [-0.25, -0.2) is 0 Å². The van der Waals surface area contributed by atoms with Crippen LogP contribution in [0.3, 0.4) is 0 Å². The van der Waals surface area contributed by atoms with Crippen LogP contribution in [0.25, 0.3) is 0 Å². The van der Waals surface area contributed by atoms with Crippen LogP contribution in [0.1, 0.15) is 6.42 Å². The van der Waals surface area contributed by atoms with Crippen LogP contribution < -0.4 is 4.90 Å². The largest absolute Gasteiger partial charge is 0.501 e. The van der Waals surface area contributed by atoms with E-state index in [0.717, 1.165) is 31.0 Å². The number of anilines is 1. The molecule has 0 radical (unpaired) electrons. The molecule has 4 heteroatoms. The molecule has 0 saturated carbocycles. The third-order valence-corrected chi connectivity index (χ3v) is 3.22. The molecule has 1 heterocycles. The molecule has 0 spiro atoms. The fourth-order valence-electron chi connectivity index (χ4n) is 1.79. The number of hydrogen-bond donors (Lipinski definition) is 0. The first-order valence-electron chi connectivity index (χ1n) is 5.13. The average Bonchev–Trinajstić information content (AvgIpc) is 2.29. The molecule has 1 aromatic carbocycles. The van der Waals surface area contributed by atoms with Gasteiger partial charge in [0.15, 0.2) is 0 Å². The average molecular weight is 258 g/mol. The van der Waals surface area contributed by atoms with E-state index in [2.05, 4.69) is 11.0 Å². The molecule has 1 aliphatic heterocycles. The van der Waals surface area contributed by atoms with Gasteiger partial charge < -0.3 is 9.64 Å². The third kappa shape index (κ3) is 2.45. The van der Waals surface area contributed by atoms with Crippen molar-refractivity contribution in [2.45, 2.75) is 6.42 Å². The lowest BCUT2D eigenvalue weighted by Gasteiger charge is -2.28. The summed E-state index contributed by atoms with van der Waals surface area (Å²) in [4.78, 5) is 2.21. The van der Waals surface area contributed by atoms with E-state index in [1.165, 1.54) is 0 Å². The van der Waals surface area contributed by atoms with Crippen LogP contribution in [0.2, 0.25) is 10.0 Å². The highest BCUT2D eigenvalue weighted by Crippen LogP contribution is 2.30. The van der Waals surface area contributed by atoms with Crippen LogP contribution in [0.5, 0.6) is 0 Å². The van der Waals surface area contributed by atoms with Crippen LogP contribution in [-0.4, -0.2) is 20.2 Å². The van der Waals surface area contributed by atoms with Crippen molar-refractivity contribution < 1.29 is 4.74 Å². The Morgan fingerprint density at radius 2 is 2.12 bits per heavy atom. The van der Waals surface area contributed by atoms with Crippen molar-refractivity contribution >= 4 is 28.9 Å². The molecule has 0 saturated heterocycles. The number of halogens is 2. The van der Waals surface area contributed by atoms with Gasteiger partial charge in [0.05, 0.1) is 23.6 Å². The zero-order valence-corrected chi connectivity index (χ0v) is 10.6. The summed E-state index contributed by atoms with van der Waals surface area (Å²) in [5, 5.41) is 1.36. The van der Waals surface area contributed by atoms with Crippen molar-refractivity contribution in [3.05, 3.63) is 40.1 Å². The van der Waals surface area contributed by atoms with Crippen molar-refractivity contribution in [2.75, 3.05) is 25.1 Å². The van der Waals surface area contributed by atoms with Crippen LogP contribution in [-0.2, 0) is 4.74 Å². The lowest BCUT2D eigenvalue weighted by Crippen LogP contribution is -2.29. The molecule has 2 nitrogen and oxygen atoms in total. The highest BCUT2D eigenvalue weighted by Gasteiger charge is 2.14. The van der Waals surface area contributed by atoms with Gasteiger partial charge in [-0.2, -0.15) is 0 Å². The van der Waals surface area contributed by atoms with E-state index < -0.39 is 0 Å². The Morgan fingerprint density at radius 1 is 1.31 bits per heavy atom. The van der Waals surface area contributed by atoms with Gasteiger partial charge in [0, 0.05) is 24.5 Å². The highest BCUT2D eigenvalue weighted by molar-refractivity contribution is 6.36. The van der Waals surface area contributed by atoms with E-state index in [1.807, 2.05) is 12.1 Å². The Morgan fingerprint density at radius 3 is 2.69 bits per heavy atom. The SMILES string of the molecule is COC1=CCN(c2ccc(Cl)cc2Cl)CC1. The Balaban J connectivity index is 2.17. The lowest BCUT2D eigenvalue weighted by molar-refractivity contribution is 0.272. The quantitative estimate of drug-likeness (QED) is 0.801. The van der Waals surface area contributed by atoms with Crippen molar-refractivity contribution in [1.29, 1.82) is 0 Å². The molecule has 1 aliphatic rings. The summed E-state index contributed by atoms with van der Waals surface area (Å²) < 4.78 is 5.21. The highest BCUT2D eigenvalue weighted by atomic mass is 35.5. The summed E-state index contributed by atoms with van der Waals surface area (Å²) in [6, 6.07) is 5.59. The maximum atomic E-state index is 6.16. The Kier molecular flexibility index (Phi) is 3.62. The Bertz CT molecular complexity index is 417. The summed E-state index contributed by atoms with van der Waals surface area (Å²) in [6.07, 6.45) is 2.99. The maximum absolute atomic E-state index is 6.16. The van der Waals surface area contributed by atoms with Gasteiger partial charge >= 0.3 is 0 Å². The standard InChI is InChI=1S/C12H13Cl2NO/c1-16-10-4-6-15(7-5-10)12-3-2-9(13)8-11(12)14/h2-4,8H,5-7H2,1H3. The van der Waals surface area contributed by atoms with E-state index in [-0.39, 0.29) is 0 Å². The smallest absolute Gasteiger partial charge is 0.0950 e. The molecule has 0 amide bonds. The minimum atomic E-state index is 0.666. The van der Waals surface area contributed by atoms with Crippen molar-refractivity contribution in [3.63, 3.8) is 0 Å². The van der Waals surface area contributed by atoms with Crippen molar-refractivity contribution in [3.8, 4) is 0 Å². The van der Waals surface area contributed by atoms with Gasteiger partial charge in [0.1, 0.15) is 0 Å². The minimum Gasteiger partial charge on any atom is -0.501 e. The number of ether oxygens (including phenoxy) is 1. The summed E-state index contributed by atoms with van der Waals surface area (Å²) in [7, 11) is 1.71. The first-order valence-corrected chi connectivity index (χ1v) is 5.89. The zero-order chi connectivity index (χ0) is 11.5. The number of hydrogen-bond acceptors (Lipinski definition) is 2. The fraction of sp³-hybridized carbons (Fsp3) is 0.333. The van der Waals surface area contributed by atoms with Crippen LogP contribution >= 0.6 is 23.2 Å². The van der Waals surface area contributed by atoms with Crippen LogP contribution in [0.4, 0.5) is 5.69 Å². The molecule has 0 unspecified atom stereocenters. The summed E-state index contributed by atoms with van der Waals surface area (Å²) in [5.41, 5.74) is 1.03. The van der Waals surface area contributed by atoms with E-state index in [0.29, 0.717) is 10.0 Å². The Labute approximate surface area is 105 Å². The summed E-state index contributed by atoms with van der Waals surface area (Å²) in [6.45, 7) is 1.74. The van der Waals surface area contributed by atoms with E-state index >= 15 is 0 Å². The van der Waals surface area contributed by atoms with E-state index in [4.69, 9.17) is 27.9 Å². The molecule has 0 atom stereocenters. The molecular weight excluding hydrogens is 245 g/mol. The number of nitrogens with zero attached hydrogens (tertiary/aromatic N) is 1. The molecular formula is C12H13Cl2NO. The molecule has 0 aliphatic carbocycles. The molecule has 16 heavy (non-hydrogen) atoms. The lowest BCUT2D eigenvalue weighted by atomic mass is 10.2. The molecule has 2 rings (SSSR count). The predicted molar refractivity (Wildman–Crippen MR) is 68.4 cm³/mol. The number of benzene rings is 1. The zero-order valence-electron chi connectivity index (χ0n) is 9.04. The third-order valence-electron chi connectivity index (χ3n) is 2.68. The first kappa shape index (κ1) is 11.6. The van der Waals surface area contributed by atoms with Gasteiger partial charge in [-0.1, -0.05) is 23.2 Å². The van der Waals surface area contributed by atoms with Gasteiger partial charge in [0.25, 0.3) is 0 Å². The Hall–Kier alpha value is -0.860. The number of methoxy groups -OCH3 is 1. The monoisotopic (exact) mass is 257 g/mol. The normalized spacial score (nSPS) is 15.9. The first-order chi connectivity index (χ1) is 7.70. The second-order valence-electron chi connectivity index (χ2n) is 3.67. The molecule has 0 aromatic heterocycles. The van der Waals surface area contributed by atoms with E-state index in [1.54, 1.807) is 13.2 Å². The van der Waals surface area contributed by atoms with Crippen molar-refractivity contribution in [1.82, 2.24) is 0 Å². The fourth-order valence-corrected chi connectivity index (χ4v) is 2.32. The minimum absolute atomic E-state index is 0.666. The predicted octanol–water partition coefficient (Wildman–Crippen LogP) is 3.73. The molecule has 86 valence electrons. The topological polar surface area (TPSA) is 12.5 Å². The molecule has 0 fully saturated rings. The number of rotatable bonds is 2. The summed E-state index contributed by atoms with van der Waals surface area (Å²) >= 11 is 12.0. The second-order valence-corrected chi connectivity index (χ2v) is 4.51. The molecule has 0 N–H and O–H groups in total. The van der Waals surface area contributed by atoms with E-state index in [9.17, 15) is 0 Å².